The SMILES string of the molecule is CCc1cc(-c2c3ccccc3cc3oc(C)c(C)c23)cc(Br)c1OC(Cc1ccccc1)C(=O)OC. The molecule has 5 rings (SSSR count). The lowest BCUT2D eigenvalue weighted by Gasteiger charge is -2.21. The summed E-state index contributed by atoms with van der Waals surface area (Å²) in [6.07, 6.45) is 0.392. The summed E-state index contributed by atoms with van der Waals surface area (Å²) in [6.45, 7) is 6.21. The van der Waals surface area contributed by atoms with Gasteiger partial charge < -0.3 is 13.9 Å². The number of halogens is 1. The van der Waals surface area contributed by atoms with Gasteiger partial charge in [-0.25, -0.2) is 4.79 Å². The average molecular weight is 557 g/mol. The van der Waals surface area contributed by atoms with Crippen LogP contribution in [0.25, 0.3) is 32.9 Å². The maximum Gasteiger partial charge on any atom is 0.347 e. The number of hydrogen-bond acceptors (Lipinski definition) is 4. The Morgan fingerprint density at radius 2 is 1.73 bits per heavy atom. The van der Waals surface area contributed by atoms with E-state index in [0.717, 1.165) is 66.2 Å². The van der Waals surface area contributed by atoms with Crippen LogP contribution in [0.4, 0.5) is 0 Å². The molecule has 0 fully saturated rings. The van der Waals surface area contributed by atoms with Crippen molar-refractivity contribution in [3.63, 3.8) is 0 Å². The quantitative estimate of drug-likeness (QED) is 0.189. The van der Waals surface area contributed by atoms with Gasteiger partial charge in [-0.1, -0.05) is 61.5 Å². The molecule has 0 aliphatic rings. The molecule has 4 nitrogen and oxygen atoms in total. The van der Waals surface area contributed by atoms with E-state index in [0.29, 0.717) is 12.2 Å². The van der Waals surface area contributed by atoms with Gasteiger partial charge in [-0.2, -0.15) is 0 Å². The minimum Gasteiger partial charge on any atom is -0.477 e. The van der Waals surface area contributed by atoms with Crippen molar-refractivity contribution in [1.82, 2.24) is 0 Å². The predicted molar refractivity (Wildman–Crippen MR) is 152 cm³/mol. The van der Waals surface area contributed by atoms with Gasteiger partial charge in [0.25, 0.3) is 0 Å². The first-order valence-corrected chi connectivity index (χ1v) is 13.2. The first-order chi connectivity index (χ1) is 17.9. The number of hydrogen-bond donors (Lipinski definition) is 0. The highest BCUT2D eigenvalue weighted by Crippen LogP contribution is 2.43. The monoisotopic (exact) mass is 556 g/mol. The summed E-state index contributed by atoms with van der Waals surface area (Å²) in [4.78, 5) is 12.7. The molecule has 0 bridgehead atoms. The Morgan fingerprint density at radius 3 is 2.46 bits per heavy atom. The highest BCUT2D eigenvalue weighted by molar-refractivity contribution is 9.10. The Hall–Kier alpha value is -3.57. The third-order valence-corrected chi connectivity index (χ3v) is 7.55. The van der Waals surface area contributed by atoms with Crippen LogP contribution >= 0.6 is 15.9 Å². The Kier molecular flexibility index (Phi) is 7.07. The zero-order valence-corrected chi connectivity index (χ0v) is 23.0. The second-order valence-electron chi connectivity index (χ2n) is 9.25. The fourth-order valence-corrected chi connectivity index (χ4v) is 5.55. The largest absolute Gasteiger partial charge is 0.477 e. The maximum atomic E-state index is 12.7. The summed E-state index contributed by atoms with van der Waals surface area (Å²) >= 11 is 3.77. The lowest BCUT2D eigenvalue weighted by atomic mass is 9.91. The molecule has 1 atom stereocenters. The van der Waals surface area contributed by atoms with Gasteiger partial charge in [0, 0.05) is 17.4 Å². The summed E-state index contributed by atoms with van der Waals surface area (Å²) in [5.41, 5.74) is 6.24. The number of fused-ring (bicyclic) bond motifs is 2. The molecule has 0 spiro atoms. The molecule has 0 amide bonds. The lowest BCUT2D eigenvalue weighted by Crippen LogP contribution is -2.31. The van der Waals surface area contributed by atoms with Crippen LogP contribution in [0.2, 0.25) is 0 Å². The van der Waals surface area contributed by atoms with Crippen LogP contribution in [-0.4, -0.2) is 19.2 Å². The summed E-state index contributed by atoms with van der Waals surface area (Å²) in [6, 6.07) is 24.6. The number of methoxy groups -OCH3 is 1. The van der Waals surface area contributed by atoms with E-state index in [2.05, 4.69) is 66.2 Å². The van der Waals surface area contributed by atoms with E-state index in [1.54, 1.807) is 0 Å². The van der Waals surface area contributed by atoms with Crippen LogP contribution in [0, 0.1) is 13.8 Å². The molecular weight excluding hydrogens is 528 g/mol. The van der Waals surface area contributed by atoms with Crippen LogP contribution in [0.5, 0.6) is 5.75 Å². The van der Waals surface area contributed by atoms with Gasteiger partial charge in [-0.3, -0.25) is 0 Å². The van der Waals surface area contributed by atoms with Gasteiger partial charge in [0.1, 0.15) is 17.1 Å². The summed E-state index contributed by atoms with van der Waals surface area (Å²) in [7, 11) is 1.39. The van der Waals surface area contributed by atoms with Crippen molar-refractivity contribution in [3.05, 3.63) is 99.7 Å². The Balaban J connectivity index is 1.64. The normalized spacial score (nSPS) is 12.1. The standard InChI is InChI=1S/C32H29BrO4/c1-5-22-16-24(30-25-14-10-9-13-23(25)18-27-29(30)19(2)20(3)36-27)17-26(33)31(22)37-28(32(34)35-4)15-21-11-7-6-8-12-21/h6-14,16-18,28H,5,15H2,1-4H3. The number of aryl methyl sites for hydroxylation is 3. The fourth-order valence-electron chi connectivity index (χ4n) is 4.96. The number of carbonyl (C=O) groups excluding carboxylic acids is 1. The molecule has 4 aromatic carbocycles. The van der Waals surface area contributed by atoms with Crippen molar-refractivity contribution >= 4 is 43.6 Å². The topological polar surface area (TPSA) is 48.7 Å². The molecule has 1 aromatic heterocycles. The molecule has 0 aliphatic carbocycles. The van der Waals surface area contributed by atoms with Gasteiger partial charge >= 0.3 is 5.97 Å². The number of ether oxygens (including phenoxy) is 2. The highest BCUT2D eigenvalue weighted by Gasteiger charge is 2.25. The van der Waals surface area contributed by atoms with Crippen LogP contribution in [-0.2, 0) is 22.4 Å². The van der Waals surface area contributed by atoms with Gasteiger partial charge in [0.05, 0.1) is 11.6 Å². The summed E-state index contributed by atoms with van der Waals surface area (Å²) < 4.78 is 18.4. The number of esters is 1. The Bertz CT molecular complexity index is 1600. The molecular formula is C32H29BrO4. The van der Waals surface area contributed by atoms with E-state index in [1.807, 2.05) is 43.3 Å². The van der Waals surface area contributed by atoms with Crippen LogP contribution in [0.1, 0.15) is 29.4 Å². The zero-order valence-electron chi connectivity index (χ0n) is 21.4. The minimum absolute atomic E-state index is 0.401. The molecule has 0 saturated heterocycles. The molecule has 1 unspecified atom stereocenters. The van der Waals surface area contributed by atoms with E-state index in [1.165, 1.54) is 7.11 Å². The Labute approximate surface area is 225 Å². The van der Waals surface area contributed by atoms with E-state index in [4.69, 9.17) is 13.9 Å². The number of furan rings is 1. The third-order valence-electron chi connectivity index (χ3n) is 6.96. The van der Waals surface area contributed by atoms with Crippen LogP contribution in [0.15, 0.2) is 81.7 Å². The Morgan fingerprint density at radius 1 is 1.00 bits per heavy atom. The van der Waals surface area contributed by atoms with E-state index >= 15 is 0 Å². The lowest BCUT2D eigenvalue weighted by molar-refractivity contribution is -0.148. The van der Waals surface area contributed by atoms with Crippen molar-refractivity contribution in [1.29, 1.82) is 0 Å². The van der Waals surface area contributed by atoms with Crippen molar-refractivity contribution in [2.45, 2.75) is 39.7 Å². The molecule has 1 heterocycles. The number of rotatable bonds is 7. The molecule has 0 radical (unpaired) electrons. The van der Waals surface area contributed by atoms with Gasteiger partial charge in [-0.05, 0) is 87.4 Å². The van der Waals surface area contributed by atoms with Crippen molar-refractivity contribution < 1.29 is 18.7 Å². The van der Waals surface area contributed by atoms with Crippen LogP contribution in [0.3, 0.4) is 0 Å². The van der Waals surface area contributed by atoms with E-state index in [-0.39, 0.29) is 0 Å². The summed E-state index contributed by atoms with van der Waals surface area (Å²) in [5.74, 6) is 1.18. The minimum atomic E-state index is -0.761. The van der Waals surface area contributed by atoms with Crippen molar-refractivity contribution in [3.8, 4) is 16.9 Å². The molecule has 5 aromatic rings. The molecule has 0 saturated carbocycles. The second kappa shape index (κ2) is 10.4. The number of benzene rings is 4. The van der Waals surface area contributed by atoms with Crippen molar-refractivity contribution in [2.75, 3.05) is 7.11 Å². The first-order valence-electron chi connectivity index (χ1n) is 12.4. The van der Waals surface area contributed by atoms with Crippen LogP contribution < -0.4 is 4.74 Å². The number of carbonyl (C=O) groups is 1. The zero-order chi connectivity index (χ0) is 26.1. The molecule has 0 aliphatic heterocycles. The van der Waals surface area contributed by atoms with Gasteiger partial charge in [-0.15, -0.1) is 0 Å². The molecule has 188 valence electrons. The molecule has 37 heavy (non-hydrogen) atoms. The molecule has 0 N–H and O–H groups in total. The summed E-state index contributed by atoms with van der Waals surface area (Å²) in [5, 5.41) is 3.41. The highest BCUT2D eigenvalue weighted by atomic mass is 79.9. The predicted octanol–water partition coefficient (Wildman–Crippen LogP) is 8.36. The first kappa shape index (κ1) is 25.1. The smallest absolute Gasteiger partial charge is 0.347 e. The average Bonchev–Trinajstić information content (AvgIpc) is 3.20. The van der Waals surface area contributed by atoms with Crippen molar-refractivity contribution in [2.24, 2.45) is 0 Å². The van der Waals surface area contributed by atoms with E-state index < -0.39 is 12.1 Å². The van der Waals surface area contributed by atoms with E-state index in [9.17, 15) is 4.79 Å². The second-order valence-corrected chi connectivity index (χ2v) is 10.1. The van der Waals surface area contributed by atoms with Gasteiger partial charge in [0.2, 0.25) is 0 Å². The maximum absolute atomic E-state index is 12.7. The third kappa shape index (κ3) is 4.76. The fraction of sp³-hybridized carbons (Fsp3) is 0.219. The van der Waals surface area contributed by atoms with Gasteiger partial charge in [0.15, 0.2) is 6.10 Å². The molecule has 5 heteroatoms.